The van der Waals surface area contributed by atoms with Crippen LogP contribution in [0.5, 0.6) is 0 Å². The van der Waals surface area contributed by atoms with Crippen molar-refractivity contribution >= 4 is 29.1 Å². The van der Waals surface area contributed by atoms with Crippen LogP contribution in [0.2, 0.25) is 0 Å². The third-order valence-electron chi connectivity index (χ3n) is 5.33. The molecule has 0 saturated carbocycles. The van der Waals surface area contributed by atoms with E-state index in [1.54, 1.807) is 54.4 Å². The maximum atomic E-state index is 13.1. The molecule has 152 valence electrons. The minimum absolute atomic E-state index is 0.140. The molecule has 3 heterocycles. The molecule has 0 saturated heterocycles. The lowest BCUT2D eigenvalue weighted by Crippen LogP contribution is -2.17. The number of amides is 1. The Morgan fingerprint density at radius 1 is 0.935 bits per heavy atom. The van der Waals surface area contributed by atoms with E-state index in [2.05, 4.69) is 20.9 Å². The lowest BCUT2D eigenvalue weighted by Gasteiger charge is -2.12. The quantitative estimate of drug-likeness (QED) is 0.449. The first-order chi connectivity index (χ1) is 15.2. The summed E-state index contributed by atoms with van der Waals surface area (Å²) in [5, 5.41) is 3.16. The van der Waals surface area contributed by atoms with Gasteiger partial charge in [0, 0.05) is 41.0 Å². The van der Waals surface area contributed by atoms with Crippen LogP contribution in [0.4, 0.5) is 5.69 Å². The second kappa shape index (κ2) is 8.24. The number of pyridine rings is 1. The average molecular weight is 426 g/mol. The molecular weight excluding hydrogens is 406 g/mol. The Kier molecular flexibility index (Phi) is 5.14. The Morgan fingerprint density at radius 2 is 1.71 bits per heavy atom. The van der Waals surface area contributed by atoms with Crippen LogP contribution in [0.1, 0.15) is 42.9 Å². The second-order valence-electron chi connectivity index (χ2n) is 7.23. The molecule has 0 fully saturated rings. The van der Waals surface area contributed by atoms with E-state index in [0.717, 1.165) is 22.7 Å². The van der Waals surface area contributed by atoms with Crippen LogP contribution in [0.25, 0.3) is 0 Å². The first-order valence-electron chi connectivity index (χ1n) is 9.94. The highest BCUT2D eigenvalue weighted by molar-refractivity contribution is 7.99. The van der Waals surface area contributed by atoms with Gasteiger partial charge in [-0.05, 0) is 18.2 Å². The summed E-state index contributed by atoms with van der Waals surface area (Å²) in [4.78, 5) is 30.3. The summed E-state index contributed by atoms with van der Waals surface area (Å²) in [6.45, 7) is 0. The molecule has 1 unspecified atom stereocenters. The van der Waals surface area contributed by atoms with Crippen molar-refractivity contribution in [2.24, 2.45) is 0 Å². The van der Waals surface area contributed by atoms with Gasteiger partial charge in [0.05, 0.1) is 16.9 Å². The van der Waals surface area contributed by atoms with Crippen LogP contribution in [0.15, 0.2) is 91.4 Å². The van der Waals surface area contributed by atoms with E-state index in [9.17, 15) is 9.59 Å². The number of fused-ring (bicyclic) bond motifs is 1. The van der Waals surface area contributed by atoms with E-state index in [0.29, 0.717) is 16.7 Å². The molecule has 2 aromatic carbocycles. The molecule has 31 heavy (non-hydrogen) atoms. The normalized spacial score (nSPS) is 14.8. The zero-order chi connectivity index (χ0) is 21.2. The highest BCUT2D eigenvalue weighted by Gasteiger charge is 2.27. The van der Waals surface area contributed by atoms with Crippen LogP contribution < -0.4 is 5.32 Å². The predicted molar refractivity (Wildman–Crippen MR) is 122 cm³/mol. The molecule has 0 bridgehead atoms. The topological polar surface area (TPSA) is 64.0 Å². The largest absolute Gasteiger partial charge is 0.332 e. The van der Waals surface area contributed by atoms with Crippen molar-refractivity contribution in [2.45, 2.75) is 11.1 Å². The molecule has 5 rings (SSSR count). The molecule has 0 radical (unpaired) electrons. The summed E-state index contributed by atoms with van der Waals surface area (Å²) in [6.07, 6.45) is 5.62. The fourth-order valence-corrected chi connectivity index (χ4v) is 5.11. The van der Waals surface area contributed by atoms with Crippen molar-refractivity contribution in [1.29, 1.82) is 0 Å². The van der Waals surface area contributed by atoms with Crippen LogP contribution >= 0.6 is 11.8 Å². The molecular formula is C25H19N3O2S. The number of ketones is 1. The smallest absolute Gasteiger partial charge is 0.256 e. The summed E-state index contributed by atoms with van der Waals surface area (Å²) < 4.78 is 2.16. The molecule has 0 spiro atoms. The monoisotopic (exact) mass is 425 g/mol. The number of carbonyl (C=O) groups is 2. The van der Waals surface area contributed by atoms with Gasteiger partial charge in [-0.1, -0.05) is 54.6 Å². The maximum absolute atomic E-state index is 13.1. The Balaban J connectivity index is 1.41. The number of anilines is 1. The van der Waals surface area contributed by atoms with Gasteiger partial charge < -0.3 is 9.88 Å². The van der Waals surface area contributed by atoms with Crippen LogP contribution in [-0.4, -0.2) is 21.2 Å². The molecule has 1 aliphatic rings. The lowest BCUT2D eigenvalue weighted by molar-refractivity contribution is 0.0996. The Hall–Kier alpha value is -3.64. The number of aromatic nitrogens is 2. The number of carbonyl (C=O) groups excluding carboxylic acids is 2. The van der Waals surface area contributed by atoms with Gasteiger partial charge in [-0.2, -0.15) is 0 Å². The van der Waals surface area contributed by atoms with E-state index in [-0.39, 0.29) is 17.1 Å². The van der Waals surface area contributed by atoms with E-state index in [1.165, 1.54) is 0 Å². The van der Waals surface area contributed by atoms with Crippen molar-refractivity contribution in [3.8, 4) is 0 Å². The number of thioether (sulfide) groups is 1. The highest BCUT2D eigenvalue weighted by atomic mass is 32.2. The zero-order valence-corrected chi connectivity index (χ0v) is 17.4. The Labute approximate surface area is 184 Å². The third kappa shape index (κ3) is 3.66. The van der Waals surface area contributed by atoms with Gasteiger partial charge in [0.25, 0.3) is 5.91 Å². The fraction of sp³-hybridized carbons (Fsp3) is 0.0800. The highest BCUT2D eigenvalue weighted by Crippen LogP contribution is 2.43. The summed E-state index contributed by atoms with van der Waals surface area (Å²) in [6, 6.07) is 21.8. The molecule has 2 aromatic heterocycles. The lowest BCUT2D eigenvalue weighted by atomic mass is 9.98. The Bertz CT molecular complexity index is 1250. The number of nitrogens with one attached hydrogen (secondary N) is 1. The zero-order valence-electron chi connectivity index (χ0n) is 16.6. The third-order valence-corrected chi connectivity index (χ3v) is 6.58. The summed E-state index contributed by atoms with van der Waals surface area (Å²) in [5.41, 5.74) is 4.27. The molecule has 1 amide bonds. The SMILES string of the molecule is O=C(Nc1ccn2c1CSC2c1cccnc1)c1ccccc1C(=O)c1ccccc1. The first-order valence-corrected chi connectivity index (χ1v) is 11.0. The number of nitrogens with zero attached hydrogens (tertiary/aromatic N) is 2. The molecule has 6 heteroatoms. The average Bonchev–Trinajstić information content (AvgIpc) is 3.43. The Morgan fingerprint density at radius 3 is 2.48 bits per heavy atom. The van der Waals surface area contributed by atoms with Crippen LogP contribution in [0.3, 0.4) is 0 Å². The first kappa shape index (κ1) is 19.3. The van der Waals surface area contributed by atoms with E-state index >= 15 is 0 Å². The number of hydrogen-bond donors (Lipinski definition) is 1. The van der Waals surface area contributed by atoms with Crippen molar-refractivity contribution < 1.29 is 9.59 Å². The molecule has 1 aliphatic heterocycles. The van der Waals surface area contributed by atoms with E-state index in [4.69, 9.17) is 0 Å². The van der Waals surface area contributed by atoms with Gasteiger partial charge in [-0.15, -0.1) is 11.8 Å². The van der Waals surface area contributed by atoms with Gasteiger partial charge in [-0.25, -0.2) is 0 Å². The molecule has 1 atom stereocenters. The van der Waals surface area contributed by atoms with Crippen molar-refractivity contribution in [1.82, 2.24) is 9.55 Å². The van der Waals surface area contributed by atoms with Crippen LogP contribution in [0, 0.1) is 0 Å². The van der Waals surface area contributed by atoms with Gasteiger partial charge in [-0.3, -0.25) is 14.6 Å². The van der Waals surface area contributed by atoms with Crippen molar-refractivity contribution in [3.05, 3.63) is 119 Å². The summed E-state index contributed by atoms with van der Waals surface area (Å²) >= 11 is 1.79. The number of hydrogen-bond acceptors (Lipinski definition) is 4. The van der Waals surface area contributed by atoms with Gasteiger partial charge in [0.2, 0.25) is 0 Å². The van der Waals surface area contributed by atoms with Gasteiger partial charge in [0.15, 0.2) is 5.78 Å². The predicted octanol–water partition coefficient (Wildman–Crippen LogP) is 5.16. The van der Waals surface area contributed by atoms with Gasteiger partial charge >= 0.3 is 0 Å². The maximum Gasteiger partial charge on any atom is 0.256 e. The standard InChI is InChI=1S/C25H19N3O2S/c29-23(17-7-2-1-3-8-17)19-10-4-5-11-20(19)24(30)27-21-12-14-28-22(21)16-31-25(28)18-9-6-13-26-15-18/h1-15,25H,16H2,(H,27,30). The molecule has 4 aromatic rings. The van der Waals surface area contributed by atoms with Gasteiger partial charge in [0.1, 0.15) is 5.37 Å². The van der Waals surface area contributed by atoms with E-state index in [1.807, 2.05) is 42.7 Å². The summed E-state index contributed by atoms with van der Waals surface area (Å²) in [7, 11) is 0. The number of benzene rings is 2. The minimum Gasteiger partial charge on any atom is -0.332 e. The van der Waals surface area contributed by atoms with Crippen molar-refractivity contribution in [3.63, 3.8) is 0 Å². The number of rotatable bonds is 5. The molecule has 0 aliphatic carbocycles. The van der Waals surface area contributed by atoms with E-state index < -0.39 is 0 Å². The summed E-state index contributed by atoms with van der Waals surface area (Å²) in [5.74, 6) is 0.330. The minimum atomic E-state index is -0.288. The molecule has 1 N–H and O–H groups in total. The molecule has 5 nitrogen and oxygen atoms in total. The fourth-order valence-electron chi connectivity index (χ4n) is 3.80. The van der Waals surface area contributed by atoms with Crippen molar-refractivity contribution in [2.75, 3.05) is 5.32 Å². The second-order valence-corrected chi connectivity index (χ2v) is 8.30. The van der Waals surface area contributed by atoms with Crippen LogP contribution in [-0.2, 0) is 5.75 Å².